The minimum atomic E-state index is -0.270. The number of hydrogen-bond donors (Lipinski definition) is 2. The van der Waals surface area contributed by atoms with Crippen LogP contribution in [0.15, 0.2) is 18.2 Å². The summed E-state index contributed by atoms with van der Waals surface area (Å²) in [6, 6.07) is 5.82. The fourth-order valence-electron chi connectivity index (χ4n) is 3.25. The van der Waals surface area contributed by atoms with Crippen LogP contribution in [-0.2, 0) is 16.0 Å². The summed E-state index contributed by atoms with van der Waals surface area (Å²) in [5.74, 6) is 0.930. The fourth-order valence-corrected chi connectivity index (χ4v) is 3.25. The Labute approximate surface area is 137 Å². The van der Waals surface area contributed by atoms with Gasteiger partial charge in [0.05, 0.1) is 25.9 Å². The molecular weight excluding hydrogens is 304 g/mol. The zero-order valence-corrected chi connectivity index (χ0v) is 13.7. The van der Waals surface area contributed by atoms with E-state index in [4.69, 9.17) is 9.47 Å². The summed E-state index contributed by atoms with van der Waals surface area (Å²) in [4.78, 5) is 12.4. The van der Waals surface area contributed by atoms with Gasteiger partial charge >= 0.3 is 0 Å². The summed E-state index contributed by atoms with van der Waals surface area (Å²) in [6.07, 6.45) is 1.77. The second-order valence-corrected chi connectivity index (χ2v) is 5.64. The highest BCUT2D eigenvalue weighted by Crippen LogP contribution is 2.36. The van der Waals surface area contributed by atoms with Crippen LogP contribution in [0.25, 0.3) is 0 Å². The number of benzene rings is 1. The number of fused-ring (bicyclic) bond motifs is 1. The lowest BCUT2D eigenvalue weighted by molar-refractivity contribution is -0.129. The van der Waals surface area contributed by atoms with E-state index in [1.165, 1.54) is 11.1 Å². The highest BCUT2D eigenvalue weighted by molar-refractivity contribution is 5.85. The molecule has 22 heavy (non-hydrogen) atoms. The van der Waals surface area contributed by atoms with E-state index in [0.29, 0.717) is 6.61 Å². The molecule has 1 aromatic rings. The van der Waals surface area contributed by atoms with Crippen molar-refractivity contribution in [1.82, 2.24) is 10.6 Å². The predicted octanol–water partition coefficient (Wildman–Crippen LogP) is 1.60. The van der Waals surface area contributed by atoms with Gasteiger partial charge in [-0.3, -0.25) is 4.79 Å². The monoisotopic (exact) mass is 326 g/mol. The Bertz CT molecular complexity index is 538. The lowest BCUT2D eigenvalue weighted by atomic mass is 10.1. The molecule has 3 atom stereocenters. The third-order valence-electron chi connectivity index (χ3n) is 4.36. The van der Waals surface area contributed by atoms with Crippen molar-refractivity contribution in [2.45, 2.75) is 38.0 Å². The van der Waals surface area contributed by atoms with E-state index >= 15 is 0 Å². The van der Waals surface area contributed by atoms with E-state index in [0.717, 1.165) is 25.1 Å². The second kappa shape index (κ2) is 7.31. The Kier molecular flexibility index (Phi) is 5.67. The third-order valence-corrected chi connectivity index (χ3v) is 4.36. The van der Waals surface area contributed by atoms with E-state index in [1.54, 1.807) is 7.11 Å². The van der Waals surface area contributed by atoms with Crippen LogP contribution in [0, 0.1) is 0 Å². The Morgan fingerprint density at radius 2 is 2.27 bits per heavy atom. The van der Waals surface area contributed by atoms with Gasteiger partial charge < -0.3 is 20.1 Å². The summed E-state index contributed by atoms with van der Waals surface area (Å²) in [6.45, 7) is 3.31. The summed E-state index contributed by atoms with van der Waals surface area (Å²) >= 11 is 0. The summed E-state index contributed by atoms with van der Waals surface area (Å²) in [5.41, 5.74) is 2.39. The average molecular weight is 327 g/mol. The molecule has 0 aromatic heterocycles. The number of ether oxygens (including phenoxy) is 2. The van der Waals surface area contributed by atoms with Crippen molar-refractivity contribution in [3.8, 4) is 5.75 Å². The number of halogens is 1. The van der Waals surface area contributed by atoms with Crippen molar-refractivity contribution in [1.29, 1.82) is 0 Å². The van der Waals surface area contributed by atoms with Crippen molar-refractivity contribution in [2.75, 3.05) is 20.3 Å². The average Bonchev–Trinajstić information content (AvgIpc) is 2.91. The molecule has 0 spiro atoms. The number of nitrogens with one attached hydrogen (secondary N) is 2. The van der Waals surface area contributed by atoms with Crippen molar-refractivity contribution in [3.63, 3.8) is 0 Å². The molecule has 1 heterocycles. The molecule has 2 aliphatic rings. The van der Waals surface area contributed by atoms with Gasteiger partial charge in [0.1, 0.15) is 11.8 Å². The molecule has 1 aromatic carbocycles. The normalized spacial score (nSPS) is 26.7. The van der Waals surface area contributed by atoms with Crippen molar-refractivity contribution < 1.29 is 14.3 Å². The first-order valence-corrected chi connectivity index (χ1v) is 7.52. The smallest absolute Gasteiger partial charge is 0.240 e. The zero-order valence-electron chi connectivity index (χ0n) is 12.9. The number of methoxy groups -OCH3 is 1. The van der Waals surface area contributed by atoms with Gasteiger partial charge in [0, 0.05) is 6.54 Å². The number of carbonyl (C=O) groups is 1. The van der Waals surface area contributed by atoms with Gasteiger partial charge in [0.15, 0.2) is 0 Å². The Morgan fingerprint density at radius 3 is 3.00 bits per heavy atom. The van der Waals surface area contributed by atoms with Gasteiger partial charge in [-0.05, 0) is 37.0 Å². The quantitative estimate of drug-likeness (QED) is 0.886. The zero-order chi connectivity index (χ0) is 14.8. The van der Waals surface area contributed by atoms with Crippen LogP contribution in [-0.4, -0.2) is 38.3 Å². The van der Waals surface area contributed by atoms with Gasteiger partial charge in [0.2, 0.25) is 5.91 Å². The standard InChI is InChI=1S/C16H22N2O3.ClH/c1-10-15(17-8-9-21-10)16(19)18-13-7-6-12-11(13)4-3-5-14(12)20-2;/h3-5,10,13,15,17H,6-9H2,1-2H3,(H,18,19);1H/t10-,13?,15+;/m1./s1. The van der Waals surface area contributed by atoms with Gasteiger partial charge in [0.25, 0.3) is 0 Å². The first-order valence-electron chi connectivity index (χ1n) is 7.52. The van der Waals surface area contributed by atoms with Gasteiger partial charge in [-0.15, -0.1) is 12.4 Å². The molecule has 0 bridgehead atoms. The number of amides is 1. The van der Waals surface area contributed by atoms with Crippen LogP contribution < -0.4 is 15.4 Å². The highest BCUT2D eigenvalue weighted by Gasteiger charge is 2.32. The maximum atomic E-state index is 12.4. The van der Waals surface area contributed by atoms with Crippen molar-refractivity contribution in [3.05, 3.63) is 29.3 Å². The van der Waals surface area contributed by atoms with E-state index in [9.17, 15) is 4.79 Å². The molecular formula is C16H23ClN2O3. The van der Waals surface area contributed by atoms with Crippen LogP contribution in [0.1, 0.15) is 30.5 Å². The fraction of sp³-hybridized carbons (Fsp3) is 0.562. The van der Waals surface area contributed by atoms with Crippen LogP contribution in [0.3, 0.4) is 0 Å². The Balaban J connectivity index is 0.00000176. The molecule has 1 saturated heterocycles. The highest BCUT2D eigenvalue weighted by atomic mass is 35.5. The summed E-state index contributed by atoms with van der Waals surface area (Å²) in [7, 11) is 1.69. The second-order valence-electron chi connectivity index (χ2n) is 5.64. The van der Waals surface area contributed by atoms with E-state index in [1.807, 2.05) is 19.1 Å². The molecule has 1 unspecified atom stereocenters. The minimum absolute atomic E-state index is 0. The molecule has 122 valence electrons. The molecule has 1 amide bonds. The molecule has 1 fully saturated rings. The first kappa shape index (κ1) is 17.1. The van der Waals surface area contributed by atoms with Crippen LogP contribution in [0.2, 0.25) is 0 Å². The van der Waals surface area contributed by atoms with Crippen LogP contribution in [0.5, 0.6) is 5.75 Å². The van der Waals surface area contributed by atoms with Crippen molar-refractivity contribution in [2.24, 2.45) is 0 Å². The summed E-state index contributed by atoms with van der Waals surface area (Å²) < 4.78 is 10.9. The van der Waals surface area contributed by atoms with E-state index < -0.39 is 0 Å². The predicted molar refractivity (Wildman–Crippen MR) is 86.7 cm³/mol. The van der Waals surface area contributed by atoms with Crippen molar-refractivity contribution >= 4 is 18.3 Å². The topological polar surface area (TPSA) is 59.6 Å². The lowest BCUT2D eigenvalue weighted by Crippen LogP contribution is -2.55. The van der Waals surface area contributed by atoms with Gasteiger partial charge in [-0.1, -0.05) is 12.1 Å². The number of carbonyl (C=O) groups excluding carboxylic acids is 1. The number of morpholine rings is 1. The molecule has 5 nitrogen and oxygen atoms in total. The Morgan fingerprint density at radius 1 is 1.45 bits per heavy atom. The van der Waals surface area contributed by atoms with E-state index in [2.05, 4.69) is 16.7 Å². The van der Waals surface area contributed by atoms with Crippen LogP contribution >= 0.6 is 12.4 Å². The summed E-state index contributed by atoms with van der Waals surface area (Å²) in [5, 5.41) is 6.38. The molecule has 2 N–H and O–H groups in total. The SMILES string of the molecule is COc1cccc2c1CCC2NC(=O)[C@H]1NCCO[C@@H]1C.Cl. The number of hydrogen-bond acceptors (Lipinski definition) is 4. The molecule has 0 saturated carbocycles. The molecule has 6 heteroatoms. The Hall–Kier alpha value is -1.30. The van der Waals surface area contributed by atoms with Gasteiger partial charge in [-0.2, -0.15) is 0 Å². The third kappa shape index (κ3) is 3.21. The maximum absolute atomic E-state index is 12.4. The van der Waals surface area contributed by atoms with E-state index in [-0.39, 0.29) is 36.5 Å². The minimum Gasteiger partial charge on any atom is -0.496 e. The lowest BCUT2D eigenvalue weighted by Gasteiger charge is -2.30. The maximum Gasteiger partial charge on any atom is 0.240 e. The molecule has 1 aliphatic carbocycles. The first-order chi connectivity index (χ1) is 10.2. The number of rotatable bonds is 3. The van der Waals surface area contributed by atoms with Gasteiger partial charge in [-0.25, -0.2) is 0 Å². The largest absolute Gasteiger partial charge is 0.496 e. The molecule has 1 aliphatic heterocycles. The molecule has 0 radical (unpaired) electrons. The molecule has 3 rings (SSSR count). The van der Waals surface area contributed by atoms with Crippen LogP contribution in [0.4, 0.5) is 0 Å².